The molecule has 0 spiro atoms. The highest BCUT2D eigenvalue weighted by molar-refractivity contribution is 7.98. The van der Waals surface area contributed by atoms with Gasteiger partial charge < -0.3 is 10.6 Å². The molecule has 2 N–H and O–H groups in total. The number of carbonyl (C=O) groups is 2. The molecular formula is C16H16N2O2S. The van der Waals surface area contributed by atoms with E-state index in [-0.39, 0.29) is 11.8 Å². The Morgan fingerprint density at radius 1 is 0.857 bits per heavy atom. The molecule has 2 rings (SSSR count). The molecule has 0 unspecified atom stereocenters. The molecule has 21 heavy (non-hydrogen) atoms. The van der Waals surface area contributed by atoms with Crippen LogP contribution in [0.3, 0.4) is 0 Å². The van der Waals surface area contributed by atoms with Crippen LogP contribution >= 0.6 is 11.8 Å². The number of thioether (sulfide) groups is 1. The van der Waals surface area contributed by atoms with Gasteiger partial charge in [0, 0.05) is 28.8 Å². The standard InChI is InChI=1S/C16H16N2O2S/c1-17-15(19)11-3-7-13(8-4-11)18-16(20)12-5-9-14(21-2)10-6-12/h3-10H,1-2H3,(H,17,19)(H,18,20). The lowest BCUT2D eigenvalue weighted by atomic mass is 10.1. The molecule has 0 aliphatic rings. The molecule has 0 aliphatic carbocycles. The van der Waals surface area contributed by atoms with Crippen LogP contribution in [0.2, 0.25) is 0 Å². The average Bonchev–Trinajstić information content (AvgIpc) is 2.55. The van der Waals surface area contributed by atoms with E-state index in [1.807, 2.05) is 18.4 Å². The van der Waals surface area contributed by atoms with Crippen molar-refractivity contribution in [3.8, 4) is 0 Å². The quantitative estimate of drug-likeness (QED) is 0.853. The van der Waals surface area contributed by atoms with Crippen molar-refractivity contribution in [3.63, 3.8) is 0 Å². The molecule has 0 saturated heterocycles. The normalized spacial score (nSPS) is 10.0. The van der Waals surface area contributed by atoms with E-state index in [0.29, 0.717) is 16.8 Å². The van der Waals surface area contributed by atoms with E-state index in [2.05, 4.69) is 10.6 Å². The summed E-state index contributed by atoms with van der Waals surface area (Å²) >= 11 is 1.63. The molecule has 5 heteroatoms. The number of hydrogen-bond donors (Lipinski definition) is 2. The van der Waals surface area contributed by atoms with E-state index < -0.39 is 0 Å². The Labute approximate surface area is 127 Å². The minimum absolute atomic E-state index is 0.152. The van der Waals surface area contributed by atoms with Crippen molar-refractivity contribution in [2.24, 2.45) is 0 Å². The molecule has 0 bridgehead atoms. The van der Waals surface area contributed by atoms with Gasteiger partial charge in [0.2, 0.25) is 0 Å². The van der Waals surface area contributed by atoms with Crippen molar-refractivity contribution in [3.05, 3.63) is 59.7 Å². The van der Waals surface area contributed by atoms with Crippen LogP contribution in [0.25, 0.3) is 0 Å². The predicted molar refractivity (Wildman–Crippen MR) is 86.0 cm³/mol. The minimum atomic E-state index is -0.171. The summed E-state index contributed by atoms with van der Waals surface area (Å²) in [5.41, 5.74) is 1.81. The lowest BCUT2D eigenvalue weighted by Gasteiger charge is -2.07. The predicted octanol–water partition coefficient (Wildman–Crippen LogP) is 3.02. The zero-order valence-corrected chi connectivity index (χ0v) is 12.7. The van der Waals surface area contributed by atoms with Gasteiger partial charge in [0.05, 0.1) is 0 Å². The fourth-order valence-corrected chi connectivity index (χ4v) is 2.20. The summed E-state index contributed by atoms with van der Waals surface area (Å²) in [5, 5.41) is 5.35. The van der Waals surface area contributed by atoms with Crippen LogP contribution in [0.15, 0.2) is 53.4 Å². The number of anilines is 1. The van der Waals surface area contributed by atoms with E-state index in [9.17, 15) is 9.59 Å². The third-order valence-electron chi connectivity index (χ3n) is 2.98. The summed E-state index contributed by atoms with van der Waals surface area (Å²) in [7, 11) is 1.58. The molecule has 0 aromatic heterocycles. The molecule has 4 nitrogen and oxygen atoms in total. The van der Waals surface area contributed by atoms with Gasteiger partial charge in [-0.15, -0.1) is 11.8 Å². The molecule has 0 aliphatic heterocycles. The lowest BCUT2D eigenvalue weighted by Crippen LogP contribution is -2.17. The maximum Gasteiger partial charge on any atom is 0.255 e. The van der Waals surface area contributed by atoms with Crippen LogP contribution in [0.4, 0.5) is 5.69 Å². The van der Waals surface area contributed by atoms with Gasteiger partial charge in [-0.3, -0.25) is 9.59 Å². The van der Waals surface area contributed by atoms with Crippen LogP contribution in [0.5, 0.6) is 0 Å². The molecule has 0 radical (unpaired) electrons. The molecule has 0 fully saturated rings. The SMILES string of the molecule is CNC(=O)c1ccc(NC(=O)c2ccc(SC)cc2)cc1. The minimum Gasteiger partial charge on any atom is -0.355 e. The van der Waals surface area contributed by atoms with Gasteiger partial charge in [-0.25, -0.2) is 0 Å². The maximum atomic E-state index is 12.1. The van der Waals surface area contributed by atoms with E-state index in [0.717, 1.165) is 4.90 Å². The number of amides is 2. The van der Waals surface area contributed by atoms with Crippen LogP contribution in [-0.2, 0) is 0 Å². The van der Waals surface area contributed by atoms with Crippen LogP contribution in [0, 0.1) is 0 Å². The van der Waals surface area contributed by atoms with Crippen molar-refractivity contribution in [1.82, 2.24) is 5.32 Å². The largest absolute Gasteiger partial charge is 0.355 e. The molecular weight excluding hydrogens is 284 g/mol. The van der Waals surface area contributed by atoms with E-state index >= 15 is 0 Å². The van der Waals surface area contributed by atoms with Crippen molar-refractivity contribution >= 4 is 29.3 Å². The van der Waals surface area contributed by atoms with Crippen LogP contribution in [0.1, 0.15) is 20.7 Å². The number of benzene rings is 2. The van der Waals surface area contributed by atoms with Crippen molar-refractivity contribution in [1.29, 1.82) is 0 Å². The number of rotatable bonds is 4. The highest BCUT2D eigenvalue weighted by Gasteiger charge is 2.07. The first-order valence-electron chi connectivity index (χ1n) is 6.41. The summed E-state index contributed by atoms with van der Waals surface area (Å²) < 4.78 is 0. The summed E-state index contributed by atoms with van der Waals surface area (Å²) in [6, 6.07) is 14.2. The van der Waals surface area contributed by atoms with Gasteiger partial charge in [-0.05, 0) is 54.8 Å². The second-order valence-corrected chi connectivity index (χ2v) is 5.22. The molecule has 0 saturated carbocycles. The number of hydrogen-bond acceptors (Lipinski definition) is 3. The van der Waals surface area contributed by atoms with Crippen LogP contribution in [-0.4, -0.2) is 25.1 Å². The molecule has 2 aromatic rings. The molecule has 2 aromatic carbocycles. The monoisotopic (exact) mass is 300 g/mol. The topological polar surface area (TPSA) is 58.2 Å². The fourth-order valence-electron chi connectivity index (χ4n) is 1.79. The first-order valence-corrected chi connectivity index (χ1v) is 7.64. The summed E-state index contributed by atoms with van der Waals surface area (Å²) in [5.74, 6) is -0.323. The molecule has 2 amide bonds. The van der Waals surface area contributed by atoms with Gasteiger partial charge in [0.15, 0.2) is 0 Å². The zero-order chi connectivity index (χ0) is 15.2. The third-order valence-corrected chi connectivity index (χ3v) is 3.73. The van der Waals surface area contributed by atoms with Crippen LogP contribution < -0.4 is 10.6 Å². The molecule has 108 valence electrons. The average molecular weight is 300 g/mol. The van der Waals surface area contributed by atoms with Crippen molar-refractivity contribution in [2.45, 2.75) is 4.90 Å². The first-order chi connectivity index (χ1) is 10.1. The van der Waals surface area contributed by atoms with Crippen molar-refractivity contribution in [2.75, 3.05) is 18.6 Å². The maximum absolute atomic E-state index is 12.1. The van der Waals surface area contributed by atoms with Gasteiger partial charge in [0.1, 0.15) is 0 Å². The first kappa shape index (κ1) is 15.1. The second-order valence-electron chi connectivity index (χ2n) is 4.34. The summed E-state index contributed by atoms with van der Waals surface area (Å²) in [6.45, 7) is 0. The van der Waals surface area contributed by atoms with Crippen molar-refractivity contribution < 1.29 is 9.59 Å². The Kier molecular flexibility index (Phi) is 5.00. The Bertz CT molecular complexity index is 636. The fraction of sp³-hybridized carbons (Fsp3) is 0.125. The zero-order valence-electron chi connectivity index (χ0n) is 11.8. The highest BCUT2D eigenvalue weighted by atomic mass is 32.2. The Balaban J connectivity index is 2.06. The summed E-state index contributed by atoms with van der Waals surface area (Å²) in [4.78, 5) is 24.6. The Morgan fingerprint density at radius 2 is 1.38 bits per heavy atom. The van der Waals surface area contributed by atoms with Gasteiger partial charge >= 0.3 is 0 Å². The molecule has 0 heterocycles. The van der Waals surface area contributed by atoms with Gasteiger partial charge in [-0.2, -0.15) is 0 Å². The second kappa shape index (κ2) is 6.95. The lowest BCUT2D eigenvalue weighted by molar-refractivity contribution is 0.0962. The van der Waals surface area contributed by atoms with Gasteiger partial charge in [0.25, 0.3) is 11.8 Å². The highest BCUT2D eigenvalue weighted by Crippen LogP contribution is 2.16. The third kappa shape index (κ3) is 3.86. The summed E-state index contributed by atoms with van der Waals surface area (Å²) in [6.07, 6.45) is 1.99. The van der Waals surface area contributed by atoms with Gasteiger partial charge in [-0.1, -0.05) is 0 Å². The van der Waals surface area contributed by atoms with E-state index in [1.165, 1.54) is 0 Å². The van der Waals surface area contributed by atoms with E-state index in [1.54, 1.807) is 55.2 Å². The molecule has 0 atom stereocenters. The number of carbonyl (C=O) groups excluding carboxylic acids is 2. The Morgan fingerprint density at radius 3 is 1.90 bits per heavy atom. The van der Waals surface area contributed by atoms with E-state index in [4.69, 9.17) is 0 Å². The smallest absolute Gasteiger partial charge is 0.255 e. The Hall–Kier alpha value is -2.27. The number of nitrogens with one attached hydrogen (secondary N) is 2.